The van der Waals surface area contributed by atoms with Gasteiger partial charge in [0.25, 0.3) is 0 Å². The smallest absolute Gasteiger partial charge is 0.339 e. The second kappa shape index (κ2) is 7.70. The number of phenols is 1. The van der Waals surface area contributed by atoms with Gasteiger partial charge in [-0.15, -0.1) is 0 Å². The molecule has 0 heterocycles. The first kappa shape index (κ1) is 19.7. The van der Waals surface area contributed by atoms with E-state index in [-0.39, 0.29) is 37.9 Å². The van der Waals surface area contributed by atoms with E-state index < -0.39 is 27.3 Å². The monoisotopic (exact) mass is 424 g/mol. The number of hydrogen-bond donors (Lipinski definition) is 2. The van der Waals surface area contributed by atoms with Gasteiger partial charge in [-0.1, -0.05) is 34.8 Å². The van der Waals surface area contributed by atoms with Crippen molar-refractivity contribution in [2.75, 3.05) is 12.4 Å². The van der Waals surface area contributed by atoms with Gasteiger partial charge >= 0.3 is 5.97 Å². The first-order valence-electron chi connectivity index (χ1n) is 6.68. The van der Waals surface area contributed by atoms with Crippen LogP contribution in [0.4, 0.5) is 0 Å². The van der Waals surface area contributed by atoms with Crippen molar-refractivity contribution in [2.24, 2.45) is 0 Å². The van der Waals surface area contributed by atoms with Gasteiger partial charge in [-0.05, 0) is 30.3 Å². The largest absolute Gasteiger partial charge is 0.507 e. The Labute approximate surface area is 158 Å². The second-order valence-corrected chi connectivity index (χ2v) is 8.15. The maximum Gasteiger partial charge on any atom is 0.339 e. The van der Waals surface area contributed by atoms with Crippen LogP contribution in [0.5, 0.6) is 11.5 Å². The van der Waals surface area contributed by atoms with Crippen LogP contribution in [0.25, 0.3) is 0 Å². The zero-order valence-electron chi connectivity index (χ0n) is 12.4. The summed E-state index contributed by atoms with van der Waals surface area (Å²) in [6, 6.07) is 5.94. The first-order valence-corrected chi connectivity index (χ1v) is 9.47. The zero-order chi connectivity index (χ0) is 18.8. The Morgan fingerprint density at radius 3 is 2.24 bits per heavy atom. The van der Waals surface area contributed by atoms with E-state index >= 15 is 0 Å². The summed E-state index contributed by atoms with van der Waals surface area (Å²) in [4.78, 5) is 10.8. The third-order valence-electron chi connectivity index (χ3n) is 3.14. The van der Waals surface area contributed by atoms with Crippen LogP contribution in [-0.4, -0.2) is 37.0 Å². The molecule has 2 N–H and O–H groups in total. The number of halogens is 3. The minimum atomic E-state index is -3.75. The maximum atomic E-state index is 12.3. The Morgan fingerprint density at radius 2 is 1.68 bits per heavy atom. The van der Waals surface area contributed by atoms with Gasteiger partial charge in [0, 0.05) is 0 Å². The van der Waals surface area contributed by atoms with E-state index in [0.717, 1.165) is 12.1 Å². The summed E-state index contributed by atoms with van der Waals surface area (Å²) in [7, 11) is -3.75. The fourth-order valence-electron chi connectivity index (χ4n) is 1.88. The summed E-state index contributed by atoms with van der Waals surface area (Å²) in [5.74, 6) is -2.04. The van der Waals surface area contributed by atoms with E-state index in [1.54, 1.807) is 0 Å². The Morgan fingerprint density at radius 1 is 1.08 bits per heavy atom. The summed E-state index contributed by atoms with van der Waals surface area (Å²) in [6.07, 6.45) is 0. The molecule has 2 rings (SSSR count). The second-order valence-electron chi connectivity index (χ2n) is 4.85. The van der Waals surface area contributed by atoms with Crippen molar-refractivity contribution >= 4 is 50.6 Å². The highest BCUT2D eigenvalue weighted by molar-refractivity contribution is 7.91. The molecule has 0 unspecified atom stereocenters. The molecular formula is C15H11Cl3O6S. The molecule has 0 bridgehead atoms. The lowest BCUT2D eigenvalue weighted by molar-refractivity contribution is 0.0693. The van der Waals surface area contributed by atoms with Crippen molar-refractivity contribution < 1.29 is 28.2 Å². The van der Waals surface area contributed by atoms with Crippen LogP contribution >= 0.6 is 34.8 Å². The van der Waals surface area contributed by atoms with Crippen molar-refractivity contribution in [2.45, 2.75) is 4.90 Å². The number of aromatic hydroxyl groups is 1. The van der Waals surface area contributed by atoms with Crippen molar-refractivity contribution in [3.8, 4) is 11.5 Å². The molecule has 2 aromatic rings. The number of sulfone groups is 1. The normalized spacial score (nSPS) is 11.3. The Balaban J connectivity index is 2.11. The lowest BCUT2D eigenvalue weighted by atomic mass is 10.2. The highest BCUT2D eigenvalue weighted by Crippen LogP contribution is 2.33. The maximum absolute atomic E-state index is 12.3. The molecule has 0 aliphatic rings. The van der Waals surface area contributed by atoms with E-state index in [1.165, 1.54) is 18.2 Å². The molecule has 0 radical (unpaired) electrons. The third kappa shape index (κ3) is 4.70. The molecule has 0 aliphatic carbocycles. The molecule has 0 fully saturated rings. The fourth-order valence-corrected chi connectivity index (χ4v) is 3.73. The van der Waals surface area contributed by atoms with Crippen LogP contribution in [0.1, 0.15) is 10.4 Å². The number of rotatable bonds is 6. The lowest BCUT2D eigenvalue weighted by Crippen LogP contribution is -2.14. The molecule has 0 spiro atoms. The van der Waals surface area contributed by atoms with Crippen LogP contribution in [0.15, 0.2) is 35.2 Å². The van der Waals surface area contributed by atoms with Crippen LogP contribution in [-0.2, 0) is 9.84 Å². The van der Waals surface area contributed by atoms with E-state index in [9.17, 15) is 18.3 Å². The summed E-state index contributed by atoms with van der Waals surface area (Å²) < 4.78 is 29.8. The minimum absolute atomic E-state index is 0.0123. The Bertz CT molecular complexity index is 904. The SMILES string of the molecule is O=C(O)c1cc(OCCS(=O)(=O)c2cc(Cl)c(Cl)c(Cl)c2)ccc1O. The minimum Gasteiger partial charge on any atom is -0.507 e. The van der Waals surface area contributed by atoms with E-state index in [2.05, 4.69) is 0 Å². The number of carbonyl (C=O) groups is 1. The molecule has 0 saturated heterocycles. The third-order valence-corrected chi connectivity index (χ3v) is 5.99. The van der Waals surface area contributed by atoms with E-state index in [1.807, 2.05) is 0 Å². The quantitative estimate of drug-likeness (QED) is 0.681. The van der Waals surface area contributed by atoms with Gasteiger partial charge in [-0.2, -0.15) is 0 Å². The van der Waals surface area contributed by atoms with Gasteiger partial charge in [0.15, 0.2) is 9.84 Å². The van der Waals surface area contributed by atoms with Gasteiger partial charge in [0.1, 0.15) is 23.7 Å². The van der Waals surface area contributed by atoms with Crippen molar-refractivity contribution in [3.63, 3.8) is 0 Å². The van der Waals surface area contributed by atoms with Crippen LogP contribution in [0, 0.1) is 0 Å². The number of benzene rings is 2. The standard InChI is InChI=1S/C15H11Cl3O6S/c16-11-6-9(7-12(17)14(11)18)25(22,23)4-3-24-8-1-2-13(19)10(5-8)15(20)21/h1-2,5-7,19H,3-4H2,(H,20,21). The number of ether oxygens (including phenoxy) is 1. The molecule has 0 atom stereocenters. The molecule has 2 aromatic carbocycles. The number of carboxylic acid groups (broad SMARTS) is 1. The average molecular weight is 426 g/mol. The molecule has 6 nitrogen and oxygen atoms in total. The van der Waals surface area contributed by atoms with E-state index in [0.29, 0.717) is 0 Å². The summed E-state index contributed by atoms with van der Waals surface area (Å²) in [6.45, 7) is -0.246. The average Bonchev–Trinajstić information content (AvgIpc) is 2.53. The summed E-state index contributed by atoms with van der Waals surface area (Å²) in [5.41, 5.74) is -0.350. The van der Waals surface area contributed by atoms with Gasteiger partial charge in [0.05, 0.1) is 25.7 Å². The Kier molecular flexibility index (Phi) is 6.05. The highest BCUT2D eigenvalue weighted by Gasteiger charge is 2.19. The summed E-state index contributed by atoms with van der Waals surface area (Å²) >= 11 is 17.4. The molecule has 0 saturated carbocycles. The number of hydrogen-bond acceptors (Lipinski definition) is 5. The molecule has 0 aromatic heterocycles. The highest BCUT2D eigenvalue weighted by atomic mass is 35.5. The van der Waals surface area contributed by atoms with Gasteiger partial charge < -0.3 is 14.9 Å². The van der Waals surface area contributed by atoms with Crippen LogP contribution in [0.2, 0.25) is 15.1 Å². The van der Waals surface area contributed by atoms with Crippen molar-refractivity contribution in [3.05, 3.63) is 51.0 Å². The first-order chi connectivity index (χ1) is 11.6. The molecule has 0 aliphatic heterocycles. The summed E-state index contributed by atoms with van der Waals surface area (Å²) in [5, 5.41) is 18.4. The van der Waals surface area contributed by atoms with Crippen molar-refractivity contribution in [1.82, 2.24) is 0 Å². The molecular weight excluding hydrogens is 415 g/mol. The topological polar surface area (TPSA) is 101 Å². The van der Waals surface area contributed by atoms with Gasteiger partial charge in [-0.3, -0.25) is 0 Å². The molecule has 134 valence electrons. The number of carboxylic acids is 1. The zero-order valence-corrected chi connectivity index (χ0v) is 15.5. The fraction of sp³-hybridized carbons (Fsp3) is 0.133. The van der Waals surface area contributed by atoms with E-state index in [4.69, 9.17) is 44.6 Å². The van der Waals surface area contributed by atoms with Crippen molar-refractivity contribution in [1.29, 1.82) is 0 Å². The lowest BCUT2D eigenvalue weighted by Gasteiger charge is -2.10. The van der Waals surface area contributed by atoms with Gasteiger partial charge in [0.2, 0.25) is 0 Å². The predicted molar refractivity (Wildman–Crippen MR) is 94.1 cm³/mol. The van der Waals surface area contributed by atoms with Gasteiger partial charge in [-0.25, -0.2) is 13.2 Å². The number of aromatic carboxylic acids is 1. The predicted octanol–water partition coefficient (Wildman–Crippen LogP) is 3.90. The van der Waals surface area contributed by atoms with Crippen LogP contribution in [0.3, 0.4) is 0 Å². The molecule has 25 heavy (non-hydrogen) atoms. The molecule has 0 amide bonds. The molecule has 10 heteroatoms. The Hall–Kier alpha value is -1.67. The van der Waals surface area contributed by atoms with Crippen LogP contribution < -0.4 is 4.74 Å².